The standard InChI is InChI=1S/C15H22N4O3S/c1-10-13(17-9-16-10)14(21)19-7-15(8-19)4-11(6-23-15)22-5-12(20)18(2)3/h9,11H,4-8H2,1-3H3,(H,16,17)/t11-/m1/s1. The molecule has 1 aromatic rings. The molecule has 0 unspecified atom stereocenters. The fraction of sp³-hybridized carbons (Fsp3) is 0.667. The smallest absolute Gasteiger partial charge is 0.274 e. The van der Waals surface area contributed by atoms with Crippen molar-refractivity contribution < 1.29 is 14.3 Å². The number of hydrogen-bond acceptors (Lipinski definition) is 5. The summed E-state index contributed by atoms with van der Waals surface area (Å²) in [6, 6.07) is 0. The van der Waals surface area contributed by atoms with Crippen LogP contribution in [0.2, 0.25) is 0 Å². The first-order chi connectivity index (χ1) is 10.9. The number of carbonyl (C=O) groups is 2. The van der Waals surface area contributed by atoms with Crippen LogP contribution < -0.4 is 0 Å². The molecule has 7 nitrogen and oxygen atoms in total. The van der Waals surface area contributed by atoms with Crippen molar-refractivity contribution in [3.8, 4) is 0 Å². The lowest BCUT2D eigenvalue weighted by Crippen LogP contribution is -2.60. The zero-order valence-corrected chi connectivity index (χ0v) is 14.5. The molecule has 2 saturated heterocycles. The molecule has 3 heterocycles. The molecule has 2 amide bonds. The average Bonchev–Trinajstić information content (AvgIpc) is 3.08. The number of likely N-dealkylation sites (N-methyl/N-ethyl adjacent to an activating group) is 1. The van der Waals surface area contributed by atoms with Gasteiger partial charge in [0.1, 0.15) is 12.3 Å². The van der Waals surface area contributed by atoms with Crippen molar-refractivity contribution >= 4 is 23.6 Å². The van der Waals surface area contributed by atoms with E-state index >= 15 is 0 Å². The van der Waals surface area contributed by atoms with Crippen molar-refractivity contribution in [2.24, 2.45) is 0 Å². The summed E-state index contributed by atoms with van der Waals surface area (Å²) < 4.78 is 5.80. The Hall–Kier alpha value is -1.54. The number of aromatic nitrogens is 2. The van der Waals surface area contributed by atoms with Crippen LogP contribution >= 0.6 is 11.8 Å². The van der Waals surface area contributed by atoms with Gasteiger partial charge in [0.15, 0.2) is 0 Å². The second kappa shape index (κ2) is 6.16. The summed E-state index contributed by atoms with van der Waals surface area (Å²) >= 11 is 1.85. The molecule has 23 heavy (non-hydrogen) atoms. The largest absolute Gasteiger partial charge is 0.367 e. The van der Waals surface area contributed by atoms with Gasteiger partial charge >= 0.3 is 0 Å². The van der Waals surface area contributed by atoms with Crippen molar-refractivity contribution in [3.63, 3.8) is 0 Å². The first-order valence-corrected chi connectivity index (χ1v) is 8.64. The van der Waals surface area contributed by atoms with Gasteiger partial charge in [-0.1, -0.05) is 0 Å². The van der Waals surface area contributed by atoms with Gasteiger partial charge in [-0.05, 0) is 13.3 Å². The molecule has 0 aliphatic carbocycles. The summed E-state index contributed by atoms with van der Waals surface area (Å²) in [4.78, 5) is 34.4. The number of nitrogens with one attached hydrogen (secondary N) is 1. The summed E-state index contributed by atoms with van der Waals surface area (Å²) in [6.45, 7) is 3.43. The van der Waals surface area contributed by atoms with Crippen LogP contribution in [0.5, 0.6) is 0 Å². The Bertz CT molecular complexity index is 610. The van der Waals surface area contributed by atoms with Gasteiger partial charge in [-0.25, -0.2) is 4.98 Å². The second-order valence-electron chi connectivity index (χ2n) is 6.46. The third-order valence-electron chi connectivity index (χ3n) is 4.39. The molecular weight excluding hydrogens is 316 g/mol. The highest BCUT2D eigenvalue weighted by atomic mass is 32.2. The fourth-order valence-electron chi connectivity index (χ4n) is 2.97. The first kappa shape index (κ1) is 16.3. The molecule has 126 valence electrons. The minimum atomic E-state index is -0.0182. The predicted octanol–water partition coefficient (Wildman–Crippen LogP) is 0.523. The molecule has 0 bridgehead atoms. The second-order valence-corrected chi connectivity index (χ2v) is 7.94. The molecule has 0 aromatic carbocycles. The first-order valence-electron chi connectivity index (χ1n) is 7.65. The number of H-pyrrole nitrogens is 1. The van der Waals surface area contributed by atoms with E-state index in [2.05, 4.69) is 9.97 Å². The lowest BCUT2D eigenvalue weighted by atomic mass is 9.92. The van der Waals surface area contributed by atoms with Crippen LogP contribution in [0.4, 0.5) is 0 Å². The summed E-state index contributed by atoms with van der Waals surface area (Å²) in [5, 5.41) is 0. The molecule has 0 saturated carbocycles. The lowest BCUT2D eigenvalue weighted by Gasteiger charge is -2.47. The van der Waals surface area contributed by atoms with Gasteiger partial charge in [-0.2, -0.15) is 0 Å². The van der Waals surface area contributed by atoms with Crippen LogP contribution in [-0.4, -0.2) is 82.0 Å². The van der Waals surface area contributed by atoms with Crippen molar-refractivity contribution in [3.05, 3.63) is 17.7 Å². The summed E-state index contributed by atoms with van der Waals surface area (Å²) in [7, 11) is 3.45. The Morgan fingerprint density at radius 1 is 1.52 bits per heavy atom. The Labute approximate surface area is 139 Å². The molecular formula is C15H22N4O3S. The van der Waals surface area contributed by atoms with E-state index in [1.165, 1.54) is 4.90 Å². The van der Waals surface area contributed by atoms with Gasteiger partial charge in [-0.15, -0.1) is 11.8 Å². The van der Waals surface area contributed by atoms with Crippen molar-refractivity contribution in [2.45, 2.75) is 24.2 Å². The molecule has 1 atom stereocenters. The van der Waals surface area contributed by atoms with Gasteiger partial charge in [-0.3, -0.25) is 9.59 Å². The molecule has 2 fully saturated rings. The summed E-state index contributed by atoms with van der Waals surface area (Å²) in [5.41, 5.74) is 1.31. The third-order valence-corrected chi connectivity index (χ3v) is 5.97. The molecule has 2 aliphatic heterocycles. The molecule has 0 radical (unpaired) electrons. The van der Waals surface area contributed by atoms with E-state index in [0.717, 1.165) is 31.0 Å². The molecule has 8 heteroatoms. The summed E-state index contributed by atoms with van der Waals surface area (Å²) in [5.74, 6) is 0.849. The third kappa shape index (κ3) is 3.23. The molecule has 1 spiro atoms. The maximum absolute atomic E-state index is 12.4. The highest BCUT2D eigenvalue weighted by molar-refractivity contribution is 8.01. The van der Waals surface area contributed by atoms with Gasteiger partial charge in [0.2, 0.25) is 5.91 Å². The number of ether oxygens (including phenoxy) is 1. The van der Waals surface area contributed by atoms with Crippen LogP contribution in [-0.2, 0) is 9.53 Å². The number of amides is 2. The summed E-state index contributed by atoms with van der Waals surface area (Å²) in [6.07, 6.45) is 2.53. The van der Waals surface area contributed by atoms with E-state index in [1.807, 2.05) is 23.6 Å². The molecule has 1 aromatic heterocycles. The van der Waals surface area contributed by atoms with E-state index in [1.54, 1.807) is 20.4 Å². The van der Waals surface area contributed by atoms with Gasteiger partial charge in [0.05, 0.1) is 17.2 Å². The number of imidazole rings is 1. The zero-order chi connectivity index (χ0) is 16.6. The number of thioether (sulfide) groups is 1. The quantitative estimate of drug-likeness (QED) is 0.866. The average molecular weight is 338 g/mol. The van der Waals surface area contributed by atoms with E-state index in [0.29, 0.717) is 5.69 Å². The number of carbonyl (C=O) groups excluding carboxylic acids is 2. The van der Waals surface area contributed by atoms with Crippen LogP contribution in [0.25, 0.3) is 0 Å². The van der Waals surface area contributed by atoms with E-state index < -0.39 is 0 Å². The zero-order valence-electron chi connectivity index (χ0n) is 13.7. The SMILES string of the molecule is Cc1[nH]cnc1C(=O)N1CC2(C[C@@H](OCC(=O)N(C)C)CS2)C1. The van der Waals surface area contributed by atoms with Crippen molar-refractivity contribution in [2.75, 3.05) is 39.5 Å². The highest BCUT2D eigenvalue weighted by Crippen LogP contribution is 2.46. The van der Waals surface area contributed by atoms with Crippen LogP contribution in [0, 0.1) is 6.92 Å². The van der Waals surface area contributed by atoms with Gasteiger partial charge < -0.3 is 19.5 Å². The van der Waals surface area contributed by atoms with Gasteiger partial charge in [0, 0.05) is 38.6 Å². The molecule has 1 N–H and O–H groups in total. The monoisotopic (exact) mass is 338 g/mol. The van der Waals surface area contributed by atoms with E-state index in [-0.39, 0.29) is 29.3 Å². The van der Waals surface area contributed by atoms with Crippen molar-refractivity contribution in [1.29, 1.82) is 0 Å². The number of hydrogen-bond donors (Lipinski definition) is 1. The Balaban J connectivity index is 1.48. The van der Waals surface area contributed by atoms with Crippen LogP contribution in [0.15, 0.2) is 6.33 Å². The maximum Gasteiger partial charge on any atom is 0.274 e. The minimum absolute atomic E-state index is 0.0119. The number of nitrogens with zero attached hydrogens (tertiary/aromatic N) is 3. The predicted molar refractivity (Wildman–Crippen MR) is 87.5 cm³/mol. The number of rotatable bonds is 4. The Morgan fingerprint density at radius 3 is 2.87 bits per heavy atom. The Morgan fingerprint density at radius 2 is 2.26 bits per heavy atom. The van der Waals surface area contributed by atoms with Crippen molar-refractivity contribution in [1.82, 2.24) is 19.8 Å². The van der Waals surface area contributed by atoms with Gasteiger partial charge in [0.25, 0.3) is 5.91 Å². The van der Waals surface area contributed by atoms with E-state index in [4.69, 9.17) is 4.74 Å². The van der Waals surface area contributed by atoms with Crippen LogP contribution in [0.3, 0.4) is 0 Å². The molecule has 2 aliphatic rings. The number of aryl methyl sites for hydroxylation is 1. The number of aromatic amines is 1. The fourth-order valence-corrected chi connectivity index (χ4v) is 4.52. The topological polar surface area (TPSA) is 78.5 Å². The lowest BCUT2D eigenvalue weighted by molar-refractivity contribution is -0.135. The minimum Gasteiger partial charge on any atom is -0.367 e. The highest BCUT2D eigenvalue weighted by Gasteiger charge is 2.51. The Kier molecular flexibility index (Phi) is 4.37. The maximum atomic E-state index is 12.4. The molecule has 3 rings (SSSR count). The number of likely N-dealkylation sites (tertiary alicyclic amines) is 1. The van der Waals surface area contributed by atoms with Crippen LogP contribution in [0.1, 0.15) is 22.6 Å². The normalized spacial score (nSPS) is 22.2. The van der Waals surface area contributed by atoms with E-state index in [9.17, 15) is 9.59 Å².